The number of carboxylic acids is 3. The number of hydrogen-bond acceptors (Lipinski definition) is 6. The highest BCUT2D eigenvalue weighted by atomic mass is 16.4. The average Bonchev–Trinajstić information content (AvgIpc) is 2.92. The molecule has 0 aliphatic rings. The minimum Gasteiger partial charge on any atom is -0.481 e. The second-order valence-corrected chi connectivity index (χ2v) is 11.0. The first-order valence-electron chi connectivity index (χ1n) is 15.6. The van der Waals surface area contributed by atoms with Crippen LogP contribution in [0.25, 0.3) is 0 Å². The number of Topliss-reactive ketones (excluding diaryl/α,β-unsaturated/α-hetero) is 2. The Morgan fingerprint density at radius 2 is 1.00 bits per heavy atom. The van der Waals surface area contributed by atoms with Crippen LogP contribution in [-0.2, 0) is 28.8 Å². The molecule has 2 atom stereocenters. The zero-order valence-corrected chi connectivity index (χ0v) is 25.0. The van der Waals surface area contributed by atoms with Gasteiger partial charge in [0.2, 0.25) is 5.91 Å². The summed E-state index contributed by atoms with van der Waals surface area (Å²) in [7, 11) is 0. The van der Waals surface area contributed by atoms with Gasteiger partial charge in [0, 0.05) is 38.5 Å². The third-order valence-electron chi connectivity index (χ3n) is 7.38. The molecular formula is C31H53NO9. The molecule has 0 aliphatic heterocycles. The molecule has 0 bridgehead atoms. The van der Waals surface area contributed by atoms with E-state index < -0.39 is 35.8 Å². The van der Waals surface area contributed by atoms with Crippen molar-refractivity contribution in [2.75, 3.05) is 0 Å². The monoisotopic (exact) mass is 583 g/mol. The fourth-order valence-electron chi connectivity index (χ4n) is 4.72. The van der Waals surface area contributed by atoms with Gasteiger partial charge in [-0.25, -0.2) is 4.79 Å². The lowest BCUT2D eigenvalue weighted by Crippen LogP contribution is -2.41. The summed E-state index contributed by atoms with van der Waals surface area (Å²) in [5.41, 5.74) is 0. The van der Waals surface area contributed by atoms with Crippen LogP contribution in [0, 0.1) is 5.92 Å². The number of unbranched alkanes of at least 4 members (excludes halogenated alkanes) is 13. The number of ketones is 2. The Morgan fingerprint density at radius 3 is 1.41 bits per heavy atom. The van der Waals surface area contributed by atoms with Crippen LogP contribution in [0.2, 0.25) is 0 Å². The number of nitrogens with one attached hydrogen (secondary N) is 1. The van der Waals surface area contributed by atoms with Gasteiger partial charge in [-0.05, 0) is 25.7 Å². The lowest BCUT2D eigenvalue weighted by atomic mass is 9.94. The van der Waals surface area contributed by atoms with Gasteiger partial charge < -0.3 is 20.6 Å². The second kappa shape index (κ2) is 25.0. The van der Waals surface area contributed by atoms with E-state index in [2.05, 4.69) is 5.32 Å². The number of carbonyl (C=O) groups excluding carboxylic acids is 3. The summed E-state index contributed by atoms with van der Waals surface area (Å²) in [4.78, 5) is 69.3. The van der Waals surface area contributed by atoms with Gasteiger partial charge in [-0.1, -0.05) is 84.0 Å². The lowest BCUT2D eigenvalue weighted by Gasteiger charge is -2.15. The van der Waals surface area contributed by atoms with Crippen molar-refractivity contribution in [2.45, 2.75) is 154 Å². The summed E-state index contributed by atoms with van der Waals surface area (Å²) in [5.74, 6) is -4.95. The molecule has 10 heteroatoms. The second-order valence-electron chi connectivity index (χ2n) is 11.0. The zero-order valence-electron chi connectivity index (χ0n) is 25.0. The molecule has 0 unspecified atom stereocenters. The molecule has 236 valence electrons. The number of hydrogen-bond donors (Lipinski definition) is 4. The highest BCUT2D eigenvalue weighted by Gasteiger charge is 2.24. The predicted molar refractivity (Wildman–Crippen MR) is 156 cm³/mol. The fraction of sp³-hybridized carbons (Fsp3) is 0.806. The predicted octanol–water partition coefficient (Wildman–Crippen LogP) is 6.08. The first-order valence-corrected chi connectivity index (χ1v) is 15.6. The molecular weight excluding hydrogens is 530 g/mol. The third-order valence-corrected chi connectivity index (χ3v) is 7.38. The van der Waals surface area contributed by atoms with Crippen molar-refractivity contribution in [3.8, 4) is 0 Å². The molecule has 0 heterocycles. The van der Waals surface area contributed by atoms with Crippen LogP contribution >= 0.6 is 0 Å². The molecule has 0 saturated carbocycles. The van der Waals surface area contributed by atoms with Gasteiger partial charge in [0.15, 0.2) is 0 Å². The van der Waals surface area contributed by atoms with E-state index in [1.165, 1.54) is 44.9 Å². The van der Waals surface area contributed by atoms with Crippen molar-refractivity contribution in [3.63, 3.8) is 0 Å². The number of rotatable bonds is 29. The van der Waals surface area contributed by atoms with Crippen LogP contribution in [0.3, 0.4) is 0 Å². The van der Waals surface area contributed by atoms with Crippen molar-refractivity contribution in [3.05, 3.63) is 0 Å². The van der Waals surface area contributed by atoms with E-state index in [0.717, 1.165) is 44.9 Å². The Labute approximate surface area is 245 Å². The summed E-state index contributed by atoms with van der Waals surface area (Å²) in [6.45, 7) is 1.68. The van der Waals surface area contributed by atoms with E-state index in [1.54, 1.807) is 6.92 Å². The van der Waals surface area contributed by atoms with Gasteiger partial charge in [0.25, 0.3) is 0 Å². The molecule has 0 radical (unpaired) electrons. The van der Waals surface area contributed by atoms with E-state index >= 15 is 0 Å². The smallest absolute Gasteiger partial charge is 0.326 e. The molecule has 0 aliphatic carbocycles. The van der Waals surface area contributed by atoms with E-state index in [4.69, 9.17) is 5.11 Å². The van der Waals surface area contributed by atoms with Crippen molar-refractivity contribution < 1.29 is 44.1 Å². The van der Waals surface area contributed by atoms with Crippen LogP contribution in [0.1, 0.15) is 148 Å². The molecule has 0 spiro atoms. The molecule has 0 fully saturated rings. The zero-order chi connectivity index (χ0) is 30.9. The van der Waals surface area contributed by atoms with E-state index in [0.29, 0.717) is 6.42 Å². The molecule has 41 heavy (non-hydrogen) atoms. The standard InChI is InChI=1S/C31H53NO9/c1-2-25(33)20-21-27(31(40)41)32-28(35)22-19-24(30(38)39)23-26(34)17-15-13-11-9-7-5-3-4-6-8-10-12-14-16-18-29(36)37/h24,27H,2-23H2,1H3,(H,32,35)(H,36,37)(H,38,39)(H,40,41)/t24-,27+/m1/s1. The van der Waals surface area contributed by atoms with Crippen LogP contribution in [0.5, 0.6) is 0 Å². The van der Waals surface area contributed by atoms with Gasteiger partial charge in [0.05, 0.1) is 5.92 Å². The fourth-order valence-corrected chi connectivity index (χ4v) is 4.72. The largest absolute Gasteiger partial charge is 0.481 e. The SMILES string of the molecule is CCC(=O)CC[C@H](NC(=O)CC[C@H](CC(=O)CCCCCCCCCCCCCCCCC(=O)O)C(=O)O)C(=O)O. The summed E-state index contributed by atoms with van der Waals surface area (Å²) >= 11 is 0. The minimum absolute atomic E-state index is 0.0193. The van der Waals surface area contributed by atoms with Gasteiger partial charge in [-0.2, -0.15) is 0 Å². The first kappa shape index (κ1) is 38.2. The average molecular weight is 584 g/mol. The Bertz CT molecular complexity index is 796. The maximum absolute atomic E-state index is 12.3. The topological polar surface area (TPSA) is 175 Å². The number of aliphatic carboxylic acids is 3. The lowest BCUT2D eigenvalue weighted by molar-refractivity contribution is -0.145. The van der Waals surface area contributed by atoms with Crippen LogP contribution in [-0.4, -0.2) is 56.7 Å². The van der Waals surface area contributed by atoms with Gasteiger partial charge in [-0.15, -0.1) is 0 Å². The first-order chi connectivity index (χ1) is 19.6. The summed E-state index contributed by atoms with van der Waals surface area (Å²) in [6, 6.07) is -1.21. The quantitative estimate of drug-likeness (QED) is 0.0760. The van der Waals surface area contributed by atoms with E-state index in [9.17, 15) is 39.0 Å². The maximum Gasteiger partial charge on any atom is 0.326 e. The maximum atomic E-state index is 12.3. The Morgan fingerprint density at radius 1 is 0.537 bits per heavy atom. The molecule has 10 nitrogen and oxygen atoms in total. The molecule has 1 amide bonds. The highest BCUT2D eigenvalue weighted by molar-refractivity contribution is 5.86. The Balaban J connectivity index is 3.91. The van der Waals surface area contributed by atoms with E-state index in [1.807, 2.05) is 0 Å². The van der Waals surface area contributed by atoms with Crippen molar-refractivity contribution >= 4 is 35.4 Å². The molecule has 4 N–H and O–H groups in total. The molecule has 0 saturated heterocycles. The summed E-state index contributed by atoms with van der Waals surface area (Å²) < 4.78 is 0. The van der Waals surface area contributed by atoms with Gasteiger partial charge >= 0.3 is 17.9 Å². The van der Waals surface area contributed by atoms with Crippen LogP contribution in [0.4, 0.5) is 0 Å². The molecule has 0 aromatic carbocycles. The number of amides is 1. The minimum atomic E-state index is -1.25. The highest BCUT2D eigenvalue weighted by Crippen LogP contribution is 2.17. The number of carboxylic acid groups (broad SMARTS) is 3. The van der Waals surface area contributed by atoms with Crippen LogP contribution < -0.4 is 5.32 Å². The molecule has 0 rings (SSSR count). The molecule has 0 aromatic heterocycles. The van der Waals surface area contributed by atoms with Gasteiger partial charge in [-0.3, -0.25) is 24.0 Å². The van der Waals surface area contributed by atoms with Crippen molar-refractivity contribution in [1.29, 1.82) is 0 Å². The number of carbonyl (C=O) groups is 6. The van der Waals surface area contributed by atoms with Crippen molar-refractivity contribution in [1.82, 2.24) is 5.32 Å². The third kappa shape index (κ3) is 23.6. The normalized spacial score (nSPS) is 12.4. The van der Waals surface area contributed by atoms with Gasteiger partial charge in [0.1, 0.15) is 17.6 Å². The Hall–Kier alpha value is -2.78. The molecule has 0 aromatic rings. The van der Waals surface area contributed by atoms with Crippen LogP contribution in [0.15, 0.2) is 0 Å². The summed E-state index contributed by atoms with van der Waals surface area (Å²) in [5, 5.41) is 29.7. The summed E-state index contributed by atoms with van der Waals surface area (Å²) in [6.07, 6.45) is 15.6. The van der Waals surface area contributed by atoms with E-state index in [-0.39, 0.29) is 56.5 Å². The van der Waals surface area contributed by atoms with Crippen molar-refractivity contribution in [2.24, 2.45) is 5.92 Å². The Kier molecular flexibility index (Phi) is 23.3.